The van der Waals surface area contributed by atoms with Crippen LogP contribution >= 0.6 is 0 Å². The SMILES string of the molecule is CCCNC1CCCCCC1CN1CCCC(CCO)C1. The van der Waals surface area contributed by atoms with Crippen molar-refractivity contribution in [1.82, 2.24) is 10.2 Å². The molecule has 0 aromatic rings. The molecule has 3 atom stereocenters. The van der Waals surface area contributed by atoms with E-state index in [2.05, 4.69) is 17.1 Å². The van der Waals surface area contributed by atoms with Gasteiger partial charge in [-0.05, 0) is 63.5 Å². The van der Waals surface area contributed by atoms with Crippen LogP contribution in [0.4, 0.5) is 0 Å². The molecule has 3 heteroatoms. The Balaban J connectivity index is 1.84. The molecule has 3 unspecified atom stereocenters. The van der Waals surface area contributed by atoms with Crippen LogP contribution in [0.25, 0.3) is 0 Å². The minimum Gasteiger partial charge on any atom is -0.396 e. The molecule has 2 aliphatic rings. The number of hydrogen-bond donors (Lipinski definition) is 2. The molecule has 1 aliphatic heterocycles. The zero-order valence-electron chi connectivity index (χ0n) is 14.0. The summed E-state index contributed by atoms with van der Waals surface area (Å²) in [6, 6.07) is 0.741. The number of aliphatic hydroxyl groups excluding tert-OH is 1. The van der Waals surface area contributed by atoms with E-state index in [9.17, 15) is 5.11 Å². The van der Waals surface area contributed by atoms with Gasteiger partial charge in [-0.2, -0.15) is 0 Å². The fourth-order valence-corrected chi connectivity index (χ4v) is 4.27. The van der Waals surface area contributed by atoms with Crippen LogP contribution in [0, 0.1) is 11.8 Å². The number of nitrogens with one attached hydrogen (secondary N) is 1. The highest BCUT2D eigenvalue weighted by Crippen LogP contribution is 2.27. The van der Waals surface area contributed by atoms with E-state index in [1.165, 1.54) is 77.5 Å². The van der Waals surface area contributed by atoms with Gasteiger partial charge in [0, 0.05) is 25.7 Å². The highest BCUT2D eigenvalue weighted by Gasteiger charge is 2.27. The third-order valence-corrected chi connectivity index (χ3v) is 5.45. The Kier molecular flexibility index (Phi) is 8.05. The predicted molar refractivity (Wildman–Crippen MR) is 89.5 cm³/mol. The van der Waals surface area contributed by atoms with Crippen LogP contribution in [-0.2, 0) is 0 Å². The predicted octanol–water partition coefficient (Wildman–Crippen LogP) is 3.03. The first-order valence-electron chi connectivity index (χ1n) is 9.40. The minimum absolute atomic E-state index is 0.364. The molecule has 0 radical (unpaired) electrons. The van der Waals surface area contributed by atoms with Crippen molar-refractivity contribution in [1.29, 1.82) is 0 Å². The minimum atomic E-state index is 0.364. The van der Waals surface area contributed by atoms with Crippen LogP contribution in [0.2, 0.25) is 0 Å². The molecule has 1 heterocycles. The van der Waals surface area contributed by atoms with Crippen LogP contribution in [-0.4, -0.2) is 48.8 Å². The highest BCUT2D eigenvalue weighted by molar-refractivity contribution is 4.84. The maximum atomic E-state index is 9.17. The summed E-state index contributed by atoms with van der Waals surface area (Å²) in [4.78, 5) is 2.69. The van der Waals surface area contributed by atoms with Crippen molar-refractivity contribution >= 4 is 0 Å². The largest absolute Gasteiger partial charge is 0.396 e. The topological polar surface area (TPSA) is 35.5 Å². The molecular formula is C18H36N2O. The van der Waals surface area contributed by atoms with Crippen LogP contribution < -0.4 is 5.32 Å². The number of aliphatic hydroxyl groups is 1. The summed E-state index contributed by atoms with van der Waals surface area (Å²) in [6.45, 7) is 7.58. The third-order valence-electron chi connectivity index (χ3n) is 5.45. The second-order valence-corrected chi connectivity index (χ2v) is 7.24. The Labute approximate surface area is 131 Å². The van der Waals surface area contributed by atoms with Gasteiger partial charge in [0.1, 0.15) is 0 Å². The van der Waals surface area contributed by atoms with E-state index < -0.39 is 0 Å². The molecule has 0 aromatic heterocycles. The van der Waals surface area contributed by atoms with Crippen molar-refractivity contribution in [3.8, 4) is 0 Å². The lowest BCUT2D eigenvalue weighted by molar-refractivity contribution is 0.119. The first-order valence-corrected chi connectivity index (χ1v) is 9.40. The van der Waals surface area contributed by atoms with Crippen LogP contribution in [0.5, 0.6) is 0 Å². The second kappa shape index (κ2) is 9.81. The second-order valence-electron chi connectivity index (χ2n) is 7.24. The molecule has 2 fully saturated rings. The van der Waals surface area contributed by atoms with Crippen molar-refractivity contribution < 1.29 is 5.11 Å². The molecule has 0 bridgehead atoms. The zero-order valence-corrected chi connectivity index (χ0v) is 14.0. The number of nitrogens with zero attached hydrogens (tertiary/aromatic N) is 1. The molecule has 0 spiro atoms. The van der Waals surface area contributed by atoms with Crippen molar-refractivity contribution in [2.45, 2.75) is 70.8 Å². The number of piperidine rings is 1. The van der Waals surface area contributed by atoms with E-state index in [0.29, 0.717) is 6.61 Å². The van der Waals surface area contributed by atoms with E-state index in [4.69, 9.17) is 0 Å². The fraction of sp³-hybridized carbons (Fsp3) is 1.00. The van der Waals surface area contributed by atoms with Gasteiger partial charge < -0.3 is 15.3 Å². The maximum absolute atomic E-state index is 9.17. The lowest BCUT2D eigenvalue weighted by Crippen LogP contribution is -2.45. The van der Waals surface area contributed by atoms with Gasteiger partial charge in [0.15, 0.2) is 0 Å². The molecule has 0 amide bonds. The summed E-state index contributed by atoms with van der Waals surface area (Å²) in [5.74, 6) is 1.57. The molecule has 21 heavy (non-hydrogen) atoms. The van der Waals surface area contributed by atoms with E-state index in [1.807, 2.05) is 0 Å². The van der Waals surface area contributed by atoms with Gasteiger partial charge in [0.05, 0.1) is 0 Å². The standard InChI is InChI=1S/C18H36N2O/c1-2-11-19-18-9-5-3-4-8-17(18)15-20-12-6-7-16(14-20)10-13-21/h16-19,21H,2-15H2,1H3. The first kappa shape index (κ1) is 17.2. The fourth-order valence-electron chi connectivity index (χ4n) is 4.27. The Bertz CT molecular complexity index is 270. The highest BCUT2D eigenvalue weighted by atomic mass is 16.3. The number of rotatable bonds is 7. The molecule has 1 aliphatic carbocycles. The molecule has 2 rings (SSSR count). The summed E-state index contributed by atoms with van der Waals surface area (Å²) in [7, 11) is 0. The third kappa shape index (κ3) is 5.88. The quantitative estimate of drug-likeness (QED) is 0.709. The van der Waals surface area contributed by atoms with Gasteiger partial charge in [-0.3, -0.25) is 0 Å². The van der Waals surface area contributed by atoms with Crippen LogP contribution in [0.15, 0.2) is 0 Å². The van der Waals surface area contributed by atoms with E-state index in [0.717, 1.165) is 24.3 Å². The summed E-state index contributed by atoms with van der Waals surface area (Å²) >= 11 is 0. The summed E-state index contributed by atoms with van der Waals surface area (Å²) < 4.78 is 0. The first-order chi connectivity index (χ1) is 10.3. The average molecular weight is 296 g/mol. The van der Waals surface area contributed by atoms with E-state index >= 15 is 0 Å². The number of hydrogen-bond acceptors (Lipinski definition) is 3. The van der Waals surface area contributed by atoms with Gasteiger partial charge in [0.2, 0.25) is 0 Å². The molecule has 0 aromatic carbocycles. The van der Waals surface area contributed by atoms with Gasteiger partial charge >= 0.3 is 0 Å². The normalized spacial score (nSPS) is 32.0. The van der Waals surface area contributed by atoms with Gasteiger partial charge in [0.25, 0.3) is 0 Å². The summed E-state index contributed by atoms with van der Waals surface area (Å²) in [5.41, 5.74) is 0. The van der Waals surface area contributed by atoms with Crippen molar-refractivity contribution in [3.63, 3.8) is 0 Å². The smallest absolute Gasteiger partial charge is 0.0434 e. The molecule has 3 nitrogen and oxygen atoms in total. The average Bonchev–Trinajstić information content (AvgIpc) is 2.71. The molecule has 1 saturated carbocycles. The van der Waals surface area contributed by atoms with E-state index in [1.54, 1.807) is 0 Å². The monoisotopic (exact) mass is 296 g/mol. The summed E-state index contributed by atoms with van der Waals surface area (Å²) in [6.07, 6.45) is 11.9. The van der Waals surface area contributed by atoms with Crippen LogP contribution in [0.3, 0.4) is 0 Å². The van der Waals surface area contributed by atoms with Crippen molar-refractivity contribution in [2.75, 3.05) is 32.8 Å². The molecule has 1 saturated heterocycles. The molecule has 124 valence electrons. The van der Waals surface area contributed by atoms with E-state index in [-0.39, 0.29) is 0 Å². The molecular weight excluding hydrogens is 260 g/mol. The Hall–Kier alpha value is -0.120. The van der Waals surface area contributed by atoms with Crippen LogP contribution in [0.1, 0.15) is 64.7 Å². The Morgan fingerprint density at radius 2 is 1.95 bits per heavy atom. The zero-order chi connectivity index (χ0) is 14.9. The lowest BCUT2D eigenvalue weighted by Gasteiger charge is -2.37. The Morgan fingerprint density at radius 3 is 2.76 bits per heavy atom. The Morgan fingerprint density at radius 1 is 1.10 bits per heavy atom. The van der Waals surface area contributed by atoms with Crippen molar-refractivity contribution in [2.24, 2.45) is 11.8 Å². The van der Waals surface area contributed by atoms with Gasteiger partial charge in [-0.1, -0.05) is 26.2 Å². The lowest BCUT2D eigenvalue weighted by atomic mass is 9.90. The van der Waals surface area contributed by atoms with Gasteiger partial charge in [-0.25, -0.2) is 0 Å². The maximum Gasteiger partial charge on any atom is 0.0434 e. The molecule has 2 N–H and O–H groups in total. The summed E-state index contributed by atoms with van der Waals surface area (Å²) in [5, 5.41) is 13.0. The van der Waals surface area contributed by atoms with Crippen molar-refractivity contribution in [3.05, 3.63) is 0 Å². The van der Waals surface area contributed by atoms with Gasteiger partial charge in [-0.15, -0.1) is 0 Å². The number of likely N-dealkylation sites (tertiary alicyclic amines) is 1.